The molecular weight excluding hydrogens is 198 g/mol. The molecule has 2 nitrogen and oxygen atoms in total. The van der Waals surface area contributed by atoms with Crippen LogP contribution in [0.3, 0.4) is 0 Å². The van der Waals surface area contributed by atoms with E-state index in [1.165, 1.54) is 12.8 Å². The van der Waals surface area contributed by atoms with Gasteiger partial charge in [-0.1, -0.05) is 23.7 Å². The van der Waals surface area contributed by atoms with Crippen LogP contribution in [0, 0.1) is 5.92 Å². The van der Waals surface area contributed by atoms with Gasteiger partial charge in [-0.05, 0) is 30.4 Å². The zero-order valence-corrected chi connectivity index (χ0v) is 8.92. The van der Waals surface area contributed by atoms with Crippen LogP contribution in [0.15, 0.2) is 18.2 Å². The number of ether oxygens (including phenoxy) is 1. The summed E-state index contributed by atoms with van der Waals surface area (Å²) in [6.07, 6.45) is 2.43. The number of halogens is 1. The van der Waals surface area contributed by atoms with Gasteiger partial charge >= 0.3 is 0 Å². The minimum Gasteiger partial charge on any atom is -0.495 e. The van der Waals surface area contributed by atoms with Gasteiger partial charge in [0.1, 0.15) is 5.75 Å². The number of hydrogen-bond donors (Lipinski definition) is 1. The lowest BCUT2D eigenvalue weighted by Gasteiger charge is -2.14. The average Bonchev–Trinajstić information content (AvgIpc) is 3.00. The lowest BCUT2D eigenvalue weighted by atomic mass is 10.0. The highest BCUT2D eigenvalue weighted by molar-refractivity contribution is 6.32. The second-order valence-electron chi connectivity index (χ2n) is 3.73. The monoisotopic (exact) mass is 211 g/mol. The van der Waals surface area contributed by atoms with E-state index in [2.05, 4.69) is 0 Å². The van der Waals surface area contributed by atoms with Crippen LogP contribution in [0.5, 0.6) is 5.75 Å². The molecule has 0 unspecified atom stereocenters. The van der Waals surface area contributed by atoms with E-state index in [4.69, 9.17) is 22.1 Å². The molecule has 0 spiro atoms. The summed E-state index contributed by atoms with van der Waals surface area (Å²) < 4.78 is 5.15. The molecule has 76 valence electrons. The van der Waals surface area contributed by atoms with Gasteiger partial charge in [0.15, 0.2) is 0 Å². The first-order chi connectivity index (χ1) is 6.74. The van der Waals surface area contributed by atoms with Crippen LogP contribution in [-0.2, 0) is 0 Å². The van der Waals surface area contributed by atoms with E-state index in [0.29, 0.717) is 16.7 Å². The summed E-state index contributed by atoms with van der Waals surface area (Å²) in [5, 5.41) is 0.661. The van der Waals surface area contributed by atoms with E-state index < -0.39 is 0 Å². The van der Waals surface area contributed by atoms with E-state index in [0.717, 1.165) is 5.56 Å². The first kappa shape index (κ1) is 9.81. The van der Waals surface area contributed by atoms with Crippen LogP contribution in [0.25, 0.3) is 0 Å². The van der Waals surface area contributed by atoms with Crippen molar-refractivity contribution < 1.29 is 4.74 Å². The van der Waals surface area contributed by atoms with Gasteiger partial charge in [-0.15, -0.1) is 0 Å². The van der Waals surface area contributed by atoms with Crippen molar-refractivity contribution in [3.05, 3.63) is 28.8 Å². The molecule has 1 aliphatic carbocycles. The Hall–Kier alpha value is -0.730. The number of rotatable bonds is 3. The summed E-state index contributed by atoms with van der Waals surface area (Å²) >= 11 is 6.17. The zero-order valence-electron chi connectivity index (χ0n) is 8.16. The fourth-order valence-corrected chi connectivity index (χ4v) is 1.98. The third-order valence-corrected chi connectivity index (χ3v) is 3.11. The fourth-order valence-electron chi connectivity index (χ4n) is 1.65. The summed E-state index contributed by atoms with van der Waals surface area (Å²) in [5.41, 5.74) is 7.09. The molecule has 0 amide bonds. The van der Waals surface area contributed by atoms with Crippen molar-refractivity contribution in [1.29, 1.82) is 0 Å². The molecule has 14 heavy (non-hydrogen) atoms. The van der Waals surface area contributed by atoms with Crippen molar-refractivity contribution in [2.24, 2.45) is 11.7 Å². The Bertz CT molecular complexity index is 336. The molecule has 1 aliphatic rings. The molecule has 1 aromatic carbocycles. The van der Waals surface area contributed by atoms with Crippen LogP contribution in [0.2, 0.25) is 5.02 Å². The number of hydrogen-bond acceptors (Lipinski definition) is 2. The van der Waals surface area contributed by atoms with Gasteiger partial charge in [0.2, 0.25) is 0 Å². The molecule has 1 saturated carbocycles. The Labute approximate surface area is 89.0 Å². The van der Waals surface area contributed by atoms with Crippen molar-refractivity contribution in [1.82, 2.24) is 0 Å². The normalized spacial score (nSPS) is 17.9. The van der Waals surface area contributed by atoms with Crippen LogP contribution in [0.1, 0.15) is 24.4 Å². The Balaban J connectivity index is 2.31. The SMILES string of the molecule is COc1cccc([C@@H](N)C2CC2)c1Cl. The maximum absolute atomic E-state index is 6.17. The topological polar surface area (TPSA) is 35.2 Å². The minimum atomic E-state index is 0.0672. The molecule has 1 fully saturated rings. The van der Waals surface area contributed by atoms with Crippen molar-refractivity contribution in [3.63, 3.8) is 0 Å². The van der Waals surface area contributed by atoms with Crippen molar-refractivity contribution in [2.75, 3.05) is 7.11 Å². The van der Waals surface area contributed by atoms with E-state index in [9.17, 15) is 0 Å². The average molecular weight is 212 g/mol. The van der Waals surface area contributed by atoms with E-state index in [1.807, 2.05) is 18.2 Å². The summed E-state index contributed by atoms with van der Waals surface area (Å²) in [6.45, 7) is 0. The summed E-state index contributed by atoms with van der Waals surface area (Å²) in [7, 11) is 1.62. The molecule has 0 bridgehead atoms. The Morgan fingerprint density at radius 2 is 2.21 bits per heavy atom. The highest BCUT2D eigenvalue weighted by Crippen LogP contribution is 2.43. The molecule has 3 heteroatoms. The van der Waals surface area contributed by atoms with Gasteiger partial charge in [-0.25, -0.2) is 0 Å². The Morgan fingerprint density at radius 3 is 2.79 bits per heavy atom. The molecule has 1 aromatic rings. The van der Waals surface area contributed by atoms with Crippen LogP contribution in [-0.4, -0.2) is 7.11 Å². The largest absolute Gasteiger partial charge is 0.495 e. The second-order valence-corrected chi connectivity index (χ2v) is 4.10. The molecule has 1 atom stereocenters. The third kappa shape index (κ3) is 1.72. The standard InChI is InChI=1S/C11H14ClNO/c1-14-9-4-2-3-8(10(9)12)11(13)7-5-6-7/h2-4,7,11H,5-6,13H2,1H3/t11-/m0/s1. The maximum atomic E-state index is 6.17. The number of nitrogens with two attached hydrogens (primary N) is 1. The van der Waals surface area contributed by atoms with Gasteiger partial charge in [0, 0.05) is 6.04 Å². The van der Waals surface area contributed by atoms with Gasteiger partial charge in [-0.2, -0.15) is 0 Å². The molecule has 0 radical (unpaired) electrons. The number of benzene rings is 1. The summed E-state index contributed by atoms with van der Waals surface area (Å²) in [5.74, 6) is 1.32. The predicted molar refractivity (Wildman–Crippen MR) is 57.7 cm³/mol. The molecular formula is C11H14ClNO. The zero-order chi connectivity index (χ0) is 10.1. The molecule has 2 rings (SSSR count). The van der Waals surface area contributed by atoms with Gasteiger partial charge in [0.05, 0.1) is 12.1 Å². The van der Waals surface area contributed by atoms with Crippen LogP contribution in [0.4, 0.5) is 0 Å². The fraction of sp³-hybridized carbons (Fsp3) is 0.455. The third-order valence-electron chi connectivity index (χ3n) is 2.70. The Morgan fingerprint density at radius 1 is 1.50 bits per heavy atom. The van der Waals surface area contributed by atoms with E-state index in [1.54, 1.807) is 7.11 Å². The predicted octanol–water partition coefficient (Wildman–Crippen LogP) is 2.76. The van der Waals surface area contributed by atoms with E-state index >= 15 is 0 Å². The highest BCUT2D eigenvalue weighted by Gasteiger charge is 2.31. The molecule has 0 heterocycles. The van der Waals surface area contributed by atoms with Crippen LogP contribution >= 0.6 is 11.6 Å². The quantitative estimate of drug-likeness (QED) is 0.835. The van der Waals surface area contributed by atoms with Crippen LogP contribution < -0.4 is 10.5 Å². The van der Waals surface area contributed by atoms with E-state index in [-0.39, 0.29) is 6.04 Å². The lowest BCUT2D eigenvalue weighted by Crippen LogP contribution is -2.13. The summed E-state index contributed by atoms with van der Waals surface area (Å²) in [4.78, 5) is 0. The molecule has 0 aliphatic heterocycles. The molecule has 0 aromatic heterocycles. The first-order valence-corrected chi connectivity index (χ1v) is 5.20. The van der Waals surface area contributed by atoms with Gasteiger partial charge < -0.3 is 10.5 Å². The highest BCUT2D eigenvalue weighted by atomic mass is 35.5. The second kappa shape index (κ2) is 3.79. The van der Waals surface area contributed by atoms with Gasteiger partial charge in [-0.3, -0.25) is 0 Å². The first-order valence-electron chi connectivity index (χ1n) is 4.82. The van der Waals surface area contributed by atoms with Crippen molar-refractivity contribution in [2.45, 2.75) is 18.9 Å². The summed E-state index contributed by atoms with van der Waals surface area (Å²) in [6, 6.07) is 5.83. The smallest absolute Gasteiger partial charge is 0.137 e. The maximum Gasteiger partial charge on any atom is 0.137 e. The van der Waals surface area contributed by atoms with Crippen molar-refractivity contribution in [3.8, 4) is 5.75 Å². The minimum absolute atomic E-state index is 0.0672. The molecule has 0 saturated heterocycles. The lowest BCUT2D eigenvalue weighted by molar-refractivity contribution is 0.413. The number of methoxy groups -OCH3 is 1. The Kier molecular flexibility index (Phi) is 2.66. The van der Waals surface area contributed by atoms with Gasteiger partial charge in [0.25, 0.3) is 0 Å². The van der Waals surface area contributed by atoms with Crippen molar-refractivity contribution >= 4 is 11.6 Å². The molecule has 2 N–H and O–H groups in total.